The fourth-order valence-corrected chi connectivity index (χ4v) is 2.96. The van der Waals surface area contributed by atoms with Crippen molar-refractivity contribution in [1.29, 1.82) is 0 Å². The van der Waals surface area contributed by atoms with Gasteiger partial charge >= 0.3 is 0 Å². The maximum Gasteiger partial charge on any atom is 0.238 e. The van der Waals surface area contributed by atoms with Crippen LogP contribution in [0.1, 0.15) is 13.8 Å². The Kier molecular flexibility index (Phi) is 4.77. The normalized spacial score (nSPS) is 12.8. The smallest absolute Gasteiger partial charge is 0.238 e. The molecule has 0 aromatic heterocycles. The lowest BCUT2D eigenvalue weighted by molar-refractivity contribution is -0.120. The van der Waals surface area contributed by atoms with E-state index in [1.807, 2.05) is 0 Å². The van der Waals surface area contributed by atoms with Gasteiger partial charge in [0.2, 0.25) is 5.91 Å². The van der Waals surface area contributed by atoms with Gasteiger partial charge in [-0.1, -0.05) is 0 Å². The van der Waals surface area contributed by atoms with Crippen molar-refractivity contribution in [3.63, 3.8) is 0 Å². The first kappa shape index (κ1) is 15.3. The number of amides is 1. The Morgan fingerprint density at radius 1 is 1.47 bits per heavy atom. The molecule has 0 bridgehead atoms. The lowest BCUT2D eigenvalue weighted by Crippen LogP contribution is -2.37. The Morgan fingerprint density at radius 2 is 2.11 bits per heavy atom. The van der Waals surface area contributed by atoms with Gasteiger partial charge in [0.25, 0.3) is 0 Å². The van der Waals surface area contributed by atoms with E-state index in [-0.39, 0.29) is 10.6 Å². The van der Waals surface area contributed by atoms with E-state index in [0.717, 1.165) is 0 Å². The van der Waals surface area contributed by atoms with E-state index < -0.39 is 21.0 Å². The topological polar surface area (TPSA) is 98.5 Å². The number of benzene rings is 1. The second-order valence-corrected chi connectivity index (χ2v) is 6.22. The number of nitrogens with one attached hydrogen (secondary N) is 1. The van der Waals surface area contributed by atoms with Crippen LogP contribution in [0.2, 0.25) is 0 Å². The number of methoxy groups -OCH3 is 1. The van der Waals surface area contributed by atoms with Crippen molar-refractivity contribution in [3.05, 3.63) is 18.2 Å². The van der Waals surface area contributed by atoms with E-state index in [0.29, 0.717) is 12.3 Å². The molecule has 0 saturated heterocycles. The zero-order chi connectivity index (χ0) is 14.6. The van der Waals surface area contributed by atoms with Gasteiger partial charge in [0.05, 0.1) is 17.7 Å². The molecule has 1 atom stereocenters. The second kappa shape index (κ2) is 5.92. The number of carbonyl (C=O) groups is 1. The maximum absolute atomic E-state index is 12.3. The van der Waals surface area contributed by atoms with Crippen LogP contribution in [0, 0.1) is 0 Å². The van der Waals surface area contributed by atoms with Gasteiger partial charge in [-0.25, -0.2) is 8.42 Å². The molecule has 1 aromatic rings. The van der Waals surface area contributed by atoms with Crippen LogP contribution in [-0.2, 0) is 14.6 Å². The van der Waals surface area contributed by atoms with Crippen molar-refractivity contribution >= 4 is 21.4 Å². The van der Waals surface area contributed by atoms with Crippen LogP contribution in [0.15, 0.2) is 23.1 Å². The average molecular weight is 286 g/mol. The van der Waals surface area contributed by atoms with Crippen molar-refractivity contribution in [2.24, 2.45) is 0 Å². The number of rotatable bonds is 5. The molecule has 6 nitrogen and oxygen atoms in total. The highest BCUT2D eigenvalue weighted by molar-refractivity contribution is 7.93. The zero-order valence-electron chi connectivity index (χ0n) is 11.1. The highest BCUT2D eigenvalue weighted by Gasteiger charge is 2.31. The standard InChI is InChI=1S/C12H18N2O4S/c1-4-14-12(15)8(2)19(16,17)11-7-9(18-3)5-6-10(11)13/h5-8H,4,13H2,1-3H3,(H,14,15). The number of nitrogens with two attached hydrogens (primary N) is 1. The van der Waals surface area contributed by atoms with Crippen LogP contribution in [-0.4, -0.2) is 33.2 Å². The van der Waals surface area contributed by atoms with E-state index in [9.17, 15) is 13.2 Å². The first-order chi connectivity index (χ1) is 8.84. The number of carbonyl (C=O) groups excluding carboxylic acids is 1. The molecule has 0 aliphatic heterocycles. The molecule has 7 heteroatoms. The molecule has 0 radical (unpaired) electrons. The molecule has 0 spiro atoms. The van der Waals surface area contributed by atoms with E-state index in [1.165, 1.54) is 26.2 Å². The van der Waals surface area contributed by atoms with Crippen molar-refractivity contribution in [2.45, 2.75) is 24.0 Å². The van der Waals surface area contributed by atoms with Crippen molar-refractivity contribution < 1.29 is 17.9 Å². The van der Waals surface area contributed by atoms with Crippen LogP contribution < -0.4 is 15.8 Å². The minimum atomic E-state index is -3.84. The molecule has 106 valence electrons. The molecular formula is C12H18N2O4S. The Balaban J connectivity index is 3.23. The summed E-state index contributed by atoms with van der Waals surface area (Å²) in [5.41, 5.74) is 5.77. The molecule has 1 amide bonds. The largest absolute Gasteiger partial charge is 0.497 e. The van der Waals surface area contributed by atoms with Gasteiger partial charge in [0, 0.05) is 12.6 Å². The van der Waals surface area contributed by atoms with Gasteiger partial charge in [-0.2, -0.15) is 0 Å². The summed E-state index contributed by atoms with van der Waals surface area (Å²) in [5, 5.41) is 1.27. The van der Waals surface area contributed by atoms with Crippen molar-refractivity contribution in [3.8, 4) is 5.75 Å². The molecule has 0 aliphatic carbocycles. The number of hydrogen-bond acceptors (Lipinski definition) is 5. The average Bonchev–Trinajstić information content (AvgIpc) is 2.38. The van der Waals surface area contributed by atoms with Gasteiger partial charge in [-0.15, -0.1) is 0 Å². The summed E-state index contributed by atoms with van der Waals surface area (Å²) < 4.78 is 29.7. The third-order valence-corrected chi connectivity index (χ3v) is 4.82. The minimum absolute atomic E-state index is 0.0920. The lowest BCUT2D eigenvalue weighted by atomic mass is 10.3. The summed E-state index contributed by atoms with van der Waals surface area (Å²) in [5.74, 6) is -0.180. The molecule has 1 rings (SSSR count). The summed E-state index contributed by atoms with van der Waals surface area (Å²) in [4.78, 5) is 11.6. The quantitative estimate of drug-likeness (QED) is 0.771. The minimum Gasteiger partial charge on any atom is -0.497 e. The number of nitrogen functional groups attached to an aromatic ring is 1. The highest BCUT2D eigenvalue weighted by Crippen LogP contribution is 2.27. The molecular weight excluding hydrogens is 268 g/mol. The zero-order valence-corrected chi connectivity index (χ0v) is 12.0. The van der Waals surface area contributed by atoms with Crippen LogP contribution in [0.3, 0.4) is 0 Å². The van der Waals surface area contributed by atoms with Crippen molar-refractivity contribution in [2.75, 3.05) is 19.4 Å². The van der Waals surface area contributed by atoms with Gasteiger partial charge in [-0.3, -0.25) is 4.79 Å². The van der Waals surface area contributed by atoms with Gasteiger partial charge in [-0.05, 0) is 26.0 Å². The molecule has 0 fully saturated rings. The second-order valence-electron chi connectivity index (χ2n) is 3.99. The SMILES string of the molecule is CCNC(=O)C(C)S(=O)(=O)c1cc(OC)ccc1N. The van der Waals surface area contributed by atoms with Crippen molar-refractivity contribution in [1.82, 2.24) is 5.32 Å². The predicted molar refractivity (Wildman–Crippen MR) is 72.7 cm³/mol. The first-order valence-electron chi connectivity index (χ1n) is 5.79. The van der Waals surface area contributed by atoms with Gasteiger partial charge < -0.3 is 15.8 Å². The monoisotopic (exact) mass is 286 g/mol. The molecule has 0 saturated carbocycles. The number of ether oxygens (including phenoxy) is 1. The number of sulfone groups is 1. The van der Waals surface area contributed by atoms with E-state index in [1.54, 1.807) is 13.0 Å². The summed E-state index contributed by atoms with van der Waals surface area (Å²) in [6.07, 6.45) is 0. The highest BCUT2D eigenvalue weighted by atomic mass is 32.2. The maximum atomic E-state index is 12.3. The number of hydrogen-bond donors (Lipinski definition) is 2. The molecule has 3 N–H and O–H groups in total. The summed E-state index contributed by atoms with van der Waals surface area (Å²) in [6, 6.07) is 4.32. The first-order valence-corrected chi connectivity index (χ1v) is 7.34. The Morgan fingerprint density at radius 3 is 2.63 bits per heavy atom. The van der Waals surface area contributed by atoms with Gasteiger partial charge in [0.1, 0.15) is 11.0 Å². The van der Waals surface area contributed by atoms with E-state index in [4.69, 9.17) is 10.5 Å². The third kappa shape index (κ3) is 3.17. The molecule has 1 aromatic carbocycles. The lowest BCUT2D eigenvalue weighted by Gasteiger charge is -2.14. The van der Waals surface area contributed by atoms with E-state index >= 15 is 0 Å². The van der Waals surface area contributed by atoms with E-state index in [2.05, 4.69) is 5.32 Å². The van der Waals surface area contributed by atoms with Crippen LogP contribution in [0.5, 0.6) is 5.75 Å². The fourth-order valence-electron chi connectivity index (χ4n) is 1.54. The molecule has 1 unspecified atom stereocenters. The predicted octanol–water partition coefficient (Wildman–Crippen LogP) is 0.576. The molecule has 19 heavy (non-hydrogen) atoms. The van der Waals surface area contributed by atoms with Crippen LogP contribution in [0.25, 0.3) is 0 Å². The van der Waals surface area contributed by atoms with Crippen LogP contribution in [0.4, 0.5) is 5.69 Å². The Labute approximate surface area is 112 Å². The Bertz CT molecular complexity index is 569. The molecule has 0 heterocycles. The summed E-state index contributed by atoms with van der Waals surface area (Å²) >= 11 is 0. The fraction of sp³-hybridized carbons (Fsp3) is 0.417. The van der Waals surface area contributed by atoms with Crippen LogP contribution >= 0.6 is 0 Å². The summed E-state index contributed by atoms with van der Waals surface area (Å²) in [7, 11) is -2.41. The molecule has 0 aliphatic rings. The Hall–Kier alpha value is -1.76. The third-order valence-electron chi connectivity index (χ3n) is 2.71. The summed E-state index contributed by atoms with van der Waals surface area (Å²) in [6.45, 7) is 3.42. The van der Waals surface area contributed by atoms with Gasteiger partial charge in [0.15, 0.2) is 9.84 Å². The number of anilines is 1.